The Balaban J connectivity index is 1.83. The first-order valence-corrected chi connectivity index (χ1v) is 10.5. The molecular weight excluding hydrogens is 362 g/mol. The van der Waals surface area contributed by atoms with Crippen LogP contribution in [0.5, 0.6) is 0 Å². The van der Waals surface area contributed by atoms with Gasteiger partial charge in [0.05, 0.1) is 0 Å². The summed E-state index contributed by atoms with van der Waals surface area (Å²) in [6.07, 6.45) is 0. The molecule has 1 N–H and O–H groups in total. The van der Waals surface area contributed by atoms with Crippen molar-refractivity contribution in [3.8, 4) is 0 Å². The summed E-state index contributed by atoms with van der Waals surface area (Å²) in [4.78, 5) is 13.0. The van der Waals surface area contributed by atoms with Crippen molar-refractivity contribution in [2.75, 3.05) is 6.54 Å². The van der Waals surface area contributed by atoms with Crippen LogP contribution in [0.3, 0.4) is 0 Å². The zero-order valence-corrected chi connectivity index (χ0v) is 15.0. The van der Waals surface area contributed by atoms with E-state index in [2.05, 4.69) is 5.32 Å². The van der Waals surface area contributed by atoms with E-state index in [1.807, 2.05) is 17.5 Å². The number of benzene rings is 1. The van der Waals surface area contributed by atoms with Gasteiger partial charge in [-0.3, -0.25) is 4.79 Å². The van der Waals surface area contributed by atoms with Gasteiger partial charge in [-0.2, -0.15) is 0 Å². The van der Waals surface area contributed by atoms with Crippen LogP contribution in [0.4, 0.5) is 0 Å². The van der Waals surface area contributed by atoms with E-state index in [1.165, 1.54) is 22.7 Å². The van der Waals surface area contributed by atoms with Crippen molar-refractivity contribution < 1.29 is 13.2 Å². The maximum absolute atomic E-state index is 12.9. The lowest BCUT2D eigenvalue weighted by atomic mass is 10.2. The first-order chi connectivity index (χ1) is 11.6. The molecule has 3 aromatic rings. The highest BCUT2D eigenvalue weighted by molar-refractivity contribution is 7.93. The predicted molar refractivity (Wildman–Crippen MR) is 97.3 cm³/mol. The molecule has 0 aliphatic rings. The molecule has 0 aliphatic carbocycles. The fraction of sp³-hybridized carbons (Fsp3) is 0.118. The average molecular weight is 378 g/mol. The summed E-state index contributed by atoms with van der Waals surface area (Å²) in [6, 6.07) is 15.7. The molecule has 2 aromatic heterocycles. The standard InChI is InChI=1S/C17H15NO3S3/c19-17(13-6-2-1-3-7-13)18-12-15(14-8-4-10-22-14)24(20,21)16-9-5-11-23-16/h1-11,15H,12H2,(H,18,19)/t15-/m1/s1. The number of hydrogen-bond donors (Lipinski definition) is 1. The molecule has 2 heterocycles. The van der Waals surface area contributed by atoms with Crippen LogP contribution in [0, 0.1) is 0 Å². The molecule has 0 saturated heterocycles. The van der Waals surface area contributed by atoms with Crippen LogP contribution >= 0.6 is 22.7 Å². The number of rotatable bonds is 6. The van der Waals surface area contributed by atoms with Crippen molar-refractivity contribution in [3.05, 3.63) is 75.8 Å². The van der Waals surface area contributed by atoms with Crippen LogP contribution in [0.25, 0.3) is 0 Å². The third kappa shape index (κ3) is 3.58. The molecule has 4 nitrogen and oxygen atoms in total. The van der Waals surface area contributed by atoms with Gasteiger partial charge in [-0.1, -0.05) is 30.3 Å². The lowest BCUT2D eigenvalue weighted by molar-refractivity contribution is 0.0954. The first-order valence-electron chi connectivity index (χ1n) is 7.23. The average Bonchev–Trinajstić information content (AvgIpc) is 3.29. The Morgan fingerprint density at radius 3 is 2.29 bits per heavy atom. The summed E-state index contributed by atoms with van der Waals surface area (Å²) < 4.78 is 26.1. The molecule has 0 unspecified atom stereocenters. The Morgan fingerprint density at radius 1 is 0.958 bits per heavy atom. The van der Waals surface area contributed by atoms with Gasteiger partial charge < -0.3 is 5.32 Å². The van der Waals surface area contributed by atoms with E-state index in [0.717, 1.165) is 4.88 Å². The highest BCUT2D eigenvalue weighted by Gasteiger charge is 2.31. The third-order valence-corrected chi connectivity index (χ3v) is 8.14. The summed E-state index contributed by atoms with van der Waals surface area (Å²) in [5.41, 5.74) is 0.510. The number of nitrogens with one attached hydrogen (secondary N) is 1. The van der Waals surface area contributed by atoms with E-state index in [9.17, 15) is 13.2 Å². The van der Waals surface area contributed by atoms with Crippen LogP contribution in [0.1, 0.15) is 20.5 Å². The minimum absolute atomic E-state index is 0.0362. The Hall–Kier alpha value is -1.96. The zero-order chi connectivity index (χ0) is 17.0. The van der Waals surface area contributed by atoms with E-state index in [1.54, 1.807) is 47.8 Å². The second kappa shape index (κ2) is 7.29. The van der Waals surface area contributed by atoms with E-state index >= 15 is 0 Å². The van der Waals surface area contributed by atoms with Crippen molar-refractivity contribution in [2.24, 2.45) is 0 Å². The molecule has 0 fully saturated rings. The highest BCUT2D eigenvalue weighted by Crippen LogP contribution is 2.33. The SMILES string of the molecule is O=C(NC[C@H](c1cccs1)S(=O)(=O)c1cccs1)c1ccccc1. The van der Waals surface area contributed by atoms with Gasteiger partial charge in [-0.05, 0) is 35.0 Å². The molecular formula is C17H15NO3S3. The number of sulfone groups is 1. The molecule has 1 amide bonds. The van der Waals surface area contributed by atoms with Crippen LogP contribution in [0.15, 0.2) is 69.6 Å². The second-order valence-electron chi connectivity index (χ2n) is 5.06. The van der Waals surface area contributed by atoms with Crippen molar-refractivity contribution >= 4 is 38.4 Å². The minimum atomic E-state index is -3.54. The number of carbonyl (C=O) groups is 1. The topological polar surface area (TPSA) is 63.2 Å². The van der Waals surface area contributed by atoms with E-state index in [-0.39, 0.29) is 12.5 Å². The Morgan fingerprint density at radius 2 is 1.67 bits per heavy atom. The molecule has 7 heteroatoms. The van der Waals surface area contributed by atoms with Gasteiger partial charge in [0.25, 0.3) is 5.91 Å². The van der Waals surface area contributed by atoms with E-state index in [4.69, 9.17) is 0 Å². The molecule has 0 aliphatic heterocycles. The molecule has 0 saturated carbocycles. The maximum Gasteiger partial charge on any atom is 0.251 e. The van der Waals surface area contributed by atoms with Gasteiger partial charge in [-0.15, -0.1) is 22.7 Å². The third-order valence-electron chi connectivity index (χ3n) is 3.49. The van der Waals surface area contributed by atoms with Crippen LogP contribution < -0.4 is 5.32 Å². The summed E-state index contributed by atoms with van der Waals surface area (Å²) in [5.74, 6) is -0.279. The van der Waals surface area contributed by atoms with Crippen molar-refractivity contribution in [1.29, 1.82) is 0 Å². The fourth-order valence-corrected chi connectivity index (χ4v) is 6.27. The molecule has 124 valence electrons. The highest BCUT2D eigenvalue weighted by atomic mass is 32.2. The number of thiophene rings is 2. The van der Waals surface area contributed by atoms with Gasteiger partial charge in [0.1, 0.15) is 9.46 Å². The second-order valence-corrected chi connectivity index (χ2v) is 9.34. The van der Waals surface area contributed by atoms with E-state index in [0.29, 0.717) is 9.77 Å². The molecule has 0 spiro atoms. The molecule has 1 aromatic carbocycles. The molecule has 3 rings (SSSR count). The van der Waals surface area contributed by atoms with E-state index < -0.39 is 15.1 Å². The molecule has 0 bridgehead atoms. The van der Waals surface area contributed by atoms with Crippen molar-refractivity contribution in [1.82, 2.24) is 5.32 Å². The van der Waals surface area contributed by atoms with Gasteiger partial charge >= 0.3 is 0 Å². The zero-order valence-electron chi connectivity index (χ0n) is 12.6. The van der Waals surface area contributed by atoms with Gasteiger partial charge in [0.15, 0.2) is 9.84 Å². The first kappa shape index (κ1) is 16.9. The summed E-state index contributed by atoms with van der Waals surface area (Å²) in [5, 5.41) is 5.54. The smallest absolute Gasteiger partial charge is 0.251 e. The van der Waals surface area contributed by atoms with Gasteiger partial charge in [0, 0.05) is 17.0 Å². The van der Waals surface area contributed by atoms with Crippen LogP contribution in [-0.2, 0) is 9.84 Å². The summed E-state index contributed by atoms with van der Waals surface area (Å²) in [6.45, 7) is 0.0362. The normalized spacial score (nSPS) is 12.7. The summed E-state index contributed by atoms with van der Waals surface area (Å²) >= 11 is 2.57. The number of amides is 1. The van der Waals surface area contributed by atoms with Crippen molar-refractivity contribution in [3.63, 3.8) is 0 Å². The summed E-state index contributed by atoms with van der Waals surface area (Å²) in [7, 11) is -3.54. The van der Waals surface area contributed by atoms with Crippen LogP contribution in [0.2, 0.25) is 0 Å². The molecule has 0 radical (unpaired) electrons. The Kier molecular flexibility index (Phi) is 5.13. The van der Waals surface area contributed by atoms with Gasteiger partial charge in [0.2, 0.25) is 0 Å². The minimum Gasteiger partial charge on any atom is -0.350 e. The van der Waals surface area contributed by atoms with Crippen molar-refractivity contribution in [2.45, 2.75) is 9.46 Å². The monoisotopic (exact) mass is 377 g/mol. The quantitative estimate of drug-likeness (QED) is 0.711. The predicted octanol–water partition coefficient (Wildman–Crippen LogP) is 3.75. The molecule has 1 atom stereocenters. The fourth-order valence-electron chi connectivity index (χ4n) is 2.28. The lowest BCUT2D eigenvalue weighted by Gasteiger charge is -2.16. The Bertz CT molecular complexity index is 886. The lowest BCUT2D eigenvalue weighted by Crippen LogP contribution is -2.31. The largest absolute Gasteiger partial charge is 0.350 e. The number of carbonyl (C=O) groups excluding carboxylic acids is 1. The van der Waals surface area contributed by atoms with Crippen LogP contribution in [-0.4, -0.2) is 20.9 Å². The van der Waals surface area contributed by atoms with Gasteiger partial charge in [-0.25, -0.2) is 8.42 Å². The molecule has 24 heavy (non-hydrogen) atoms. The Labute approximate surface area is 148 Å². The maximum atomic E-state index is 12.9. The number of hydrogen-bond acceptors (Lipinski definition) is 5.